The predicted molar refractivity (Wildman–Crippen MR) is 84.6 cm³/mol. The summed E-state index contributed by atoms with van der Waals surface area (Å²) in [4.78, 5) is 17.3. The van der Waals surface area contributed by atoms with Gasteiger partial charge in [-0.1, -0.05) is 18.2 Å². The van der Waals surface area contributed by atoms with Gasteiger partial charge in [-0.15, -0.1) is 0 Å². The van der Waals surface area contributed by atoms with Gasteiger partial charge in [0, 0.05) is 17.5 Å². The van der Waals surface area contributed by atoms with Gasteiger partial charge in [-0.3, -0.25) is 0 Å². The molecule has 0 aliphatic rings. The first-order chi connectivity index (χ1) is 10.3. The largest absolute Gasteiger partial charge is 0.370 e. The quantitative estimate of drug-likeness (QED) is 0.745. The van der Waals surface area contributed by atoms with Crippen LogP contribution in [0.2, 0.25) is 0 Å². The summed E-state index contributed by atoms with van der Waals surface area (Å²) >= 11 is 1.54. The van der Waals surface area contributed by atoms with Crippen molar-refractivity contribution in [2.75, 3.05) is 11.9 Å². The Labute approximate surface area is 127 Å². The van der Waals surface area contributed by atoms with Crippen molar-refractivity contribution in [1.82, 2.24) is 19.9 Å². The molecule has 21 heavy (non-hydrogen) atoms. The number of fused-ring (bicyclic) bond motifs is 1. The van der Waals surface area contributed by atoms with Gasteiger partial charge in [0.25, 0.3) is 0 Å². The lowest BCUT2D eigenvalue weighted by atomic mass is 10.2. The molecule has 0 saturated carbocycles. The zero-order valence-electron chi connectivity index (χ0n) is 11.9. The maximum atomic E-state index is 4.39. The minimum absolute atomic E-state index is 0.832. The molecule has 3 rings (SSSR count). The van der Waals surface area contributed by atoms with Gasteiger partial charge >= 0.3 is 0 Å². The maximum absolute atomic E-state index is 4.39. The number of para-hydroxylation sites is 1. The Kier molecular flexibility index (Phi) is 3.96. The zero-order chi connectivity index (χ0) is 14.7. The molecule has 2 aromatic heterocycles. The van der Waals surface area contributed by atoms with E-state index in [4.69, 9.17) is 0 Å². The molecule has 0 aliphatic heterocycles. The fourth-order valence-corrected chi connectivity index (χ4v) is 2.95. The van der Waals surface area contributed by atoms with Gasteiger partial charge in [-0.2, -0.15) is 0 Å². The molecule has 5 nitrogen and oxygen atoms in total. The van der Waals surface area contributed by atoms with Crippen LogP contribution in [0.4, 0.5) is 5.82 Å². The van der Waals surface area contributed by atoms with E-state index in [1.54, 1.807) is 24.4 Å². The van der Waals surface area contributed by atoms with Gasteiger partial charge < -0.3 is 5.32 Å². The van der Waals surface area contributed by atoms with Gasteiger partial charge in [0.15, 0.2) is 0 Å². The second-order valence-corrected chi connectivity index (χ2v) is 5.46. The summed E-state index contributed by atoms with van der Waals surface area (Å²) < 4.78 is 0. The van der Waals surface area contributed by atoms with Crippen LogP contribution in [-0.4, -0.2) is 26.5 Å². The summed E-state index contributed by atoms with van der Waals surface area (Å²) in [6.07, 6.45) is 3.17. The summed E-state index contributed by atoms with van der Waals surface area (Å²) in [5, 5.41) is 6.09. The average molecular weight is 297 g/mol. The number of hydrogen-bond acceptors (Lipinski definition) is 6. The molecule has 0 amide bonds. The van der Waals surface area contributed by atoms with Crippen LogP contribution in [0.3, 0.4) is 0 Å². The Hall–Kier alpha value is -2.21. The monoisotopic (exact) mass is 297 g/mol. The van der Waals surface area contributed by atoms with E-state index in [9.17, 15) is 0 Å². The number of benzene rings is 1. The van der Waals surface area contributed by atoms with E-state index < -0.39 is 0 Å². The molecule has 106 valence electrons. The van der Waals surface area contributed by atoms with Crippen LogP contribution >= 0.6 is 11.8 Å². The number of hydrogen-bond donors (Lipinski definition) is 1. The van der Waals surface area contributed by atoms with E-state index in [-0.39, 0.29) is 0 Å². The fraction of sp³-hybridized carbons (Fsp3) is 0.200. The molecule has 1 N–H and O–H groups in total. The standard InChI is InChI=1S/C15H15N5S/c1-3-16-13-10(2)14(19-9-18-13)21-15-11-6-4-5-7-12(11)17-8-20-15/h4-9H,3H2,1-2H3,(H,16,18,19). The third kappa shape index (κ3) is 2.80. The number of anilines is 1. The molecule has 0 fully saturated rings. The lowest BCUT2D eigenvalue weighted by Gasteiger charge is -2.10. The smallest absolute Gasteiger partial charge is 0.133 e. The van der Waals surface area contributed by atoms with Crippen molar-refractivity contribution in [2.45, 2.75) is 23.9 Å². The molecule has 1 aromatic carbocycles. The normalized spacial score (nSPS) is 10.8. The summed E-state index contributed by atoms with van der Waals surface area (Å²) in [7, 11) is 0. The highest BCUT2D eigenvalue weighted by Gasteiger charge is 2.11. The molecule has 0 unspecified atom stereocenters. The van der Waals surface area contributed by atoms with Gasteiger partial charge in [-0.05, 0) is 31.7 Å². The maximum Gasteiger partial charge on any atom is 0.133 e. The molecule has 0 bridgehead atoms. The van der Waals surface area contributed by atoms with Gasteiger partial charge in [-0.25, -0.2) is 19.9 Å². The second-order valence-electron chi connectivity index (χ2n) is 4.48. The minimum Gasteiger partial charge on any atom is -0.370 e. The van der Waals surface area contributed by atoms with Crippen LogP contribution in [0.15, 0.2) is 47.0 Å². The predicted octanol–water partition coefficient (Wildman–Crippen LogP) is 3.31. The molecular formula is C15H15N5S. The highest BCUT2D eigenvalue weighted by molar-refractivity contribution is 7.99. The lowest BCUT2D eigenvalue weighted by molar-refractivity contribution is 0.985. The Bertz CT molecular complexity index is 770. The topological polar surface area (TPSA) is 63.6 Å². The minimum atomic E-state index is 0.832. The van der Waals surface area contributed by atoms with E-state index in [1.807, 2.05) is 38.1 Å². The van der Waals surface area contributed by atoms with Crippen LogP contribution in [0.5, 0.6) is 0 Å². The van der Waals surface area contributed by atoms with Crippen LogP contribution < -0.4 is 5.32 Å². The SMILES string of the molecule is CCNc1ncnc(Sc2ncnc3ccccc23)c1C. The summed E-state index contributed by atoms with van der Waals surface area (Å²) in [5.41, 5.74) is 1.97. The Balaban J connectivity index is 2.01. The van der Waals surface area contributed by atoms with Gasteiger partial charge in [0.2, 0.25) is 0 Å². The molecule has 0 aliphatic carbocycles. The number of rotatable bonds is 4. The number of nitrogens with one attached hydrogen (secondary N) is 1. The molecule has 0 atom stereocenters. The van der Waals surface area contributed by atoms with Gasteiger partial charge in [0.05, 0.1) is 5.52 Å². The van der Waals surface area contributed by atoms with Crippen molar-refractivity contribution in [3.8, 4) is 0 Å². The first-order valence-corrected chi connectivity index (χ1v) is 7.54. The molecule has 0 spiro atoms. The third-order valence-electron chi connectivity index (χ3n) is 3.08. The van der Waals surface area contributed by atoms with Crippen molar-refractivity contribution in [2.24, 2.45) is 0 Å². The summed E-state index contributed by atoms with van der Waals surface area (Å²) in [6.45, 7) is 4.90. The molecular weight excluding hydrogens is 282 g/mol. The third-order valence-corrected chi connectivity index (χ3v) is 4.21. The van der Waals surface area contributed by atoms with Crippen molar-refractivity contribution < 1.29 is 0 Å². The summed E-state index contributed by atoms with van der Waals surface area (Å²) in [5.74, 6) is 0.869. The molecule has 0 radical (unpaired) electrons. The van der Waals surface area contributed by atoms with E-state index in [0.29, 0.717) is 0 Å². The Morgan fingerprint density at radius 3 is 2.62 bits per heavy atom. The molecule has 2 heterocycles. The summed E-state index contributed by atoms with van der Waals surface area (Å²) in [6, 6.07) is 7.98. The van der Waals surface area contributed by atoms with E-state index >= 15 is 0 Å². The Morgan fingerprint density at radius 2 is 1.76 bits per heavy atom. The first kappa shape index (κ1) is 13.8. The van der Waals surface area contributed by atoms with Crippen molar-refractivity contribution >= 4 is 28.5 Å². The average Bonchev–Trinajstić information content (AvgIpc) is 2.52. The van der Waals surface area contributed by atoms with Crippen LogP contribution in [0, 0.1) is 6.92 Å². The van der Waals surface area contributed by atoms with Crippen LogP contribution in [-0.2, 0) is 0 Å². The molecule has 3 aromatic rings. The fourth-order valence-electron chi connectivity index (χ4n) is 2.04. The van der Waals surface area contributed by atoms with Gasteiger partial charge in [0.1, 0.15) is 28.5 Å². The van der Waals surface area contributed by atoms with E-state index in [2.05, 4.69) is 25.3 Å². The number of aromatic nitrogens is 4. The van der Waals surface area contributed by atoms with E-state index in [0.717, 1.165) is 38.9 Å². The van der Waals surface area contributed by atoms with Crippen molar-refractivity contribution in [3.05, 3.63) is 42.5 Å². The highest BCUT2D eigenvalue weighted by Crippen LogP contribution is 2.32. The lowest BCUT2D eigenvalue weighted by Crippen LogP contribution is -2.03. The zero-order valence-corrected chi connectivity index (χ0v) is 12.7. The van der Waals surface area contributed by atoms with E-state index in [1.165, 1.54) is 0 Å². The van der Waals surface area contributed by atoms with Crippen LogP contribution in [0.1, 0.15) is 12.5 Å². The van der Waals surface area contributed by atoms with Crippen molar-refractivity contribution in [3.63, 3.8) is 0 Å². The Morgan fingerprint density at radius 1 is 1.00 bits per heavy atom. The van der Waals surface area contributed by atoms with Crippen LogP contribution in [0.25, 0.3) is 10.9 Å². The molecule has 6 heteroatoms. The second kappa shape index (κ2) is 6.05. The first-order valence-electron chi connectivity index (χ1n) is 6.72. The number of nitrogens with zero attached hydrogens (tertiary/aromatic N) is 4. The molecule has 0 saturated heterocycles. The highest BCUT2D eigenvalue weighted by atomic mass is 32.2. The van der Waals surface area contributed by atoms with Crippen molar-refractivity contribution in [1.29, 1.82) is 0 Å².